The summed E-state index contributed by atoms with van der Waals surface area (Å²) >= 11 is 2.08. The molecule has 0 amide bonds. The Morgan fingerprint density at radius 1 is 1.30 bits per heavy atom. The molecule has 0 aromatic heterocycles. The number of rotatable bonds is 7. The molecule has 23 heavy (non-hydrogen) atoms. The van der Waals surface area contributed by atoms with Gasteiger partial charge in [0.1, 0.15) is 5.75 Å². The molecule has 2 atom stereocenters. The van der Waals surface area contributed by atoms with E-state index in [-0.39, 0.29) is 0 Å². The molecule has 1 saturated carbocycles. The number of thioether (sulfide) groups is 1. The summed E-state index contributed by atoms with van der Waals surface area (Å²) in [6.07, 6.45) is 5.85. The second kappa shape index (κ2) is 9.71. The molecule has 1 fully saturated rings. The number of benzene rings is 1. The van der Waals surface area contributed by atoms with Crippen molar-refractivity contribution in [2.75, 3.05) is 19.3 Å². The minimum absolute atomic E-state index is 0.326. The average molecular weight is 336 g/mol. The number of nitrogens with zero attached hydrogens (tertiary/aromatic N) is 1. The summed E-state index contributed by atoms with van der Waals surface area (Å²) < 4.78 is 0. The van der Waals surface area contributed by atoms with Crippen LogP contribution >= 0.6 is 11.8 Å². The predicted molar refractivity (Wildman–Crippen MR) is 100 cm³/mol. The zero-order chi connectivity index (χ0) is 16.5. The number of phenols is 1. The highest BCUT2D eigenvalue weighted by atomic mass is 32.2. The molecule has 1 aromatic carbocycles. The van der Waals surface area contributed by atoms with E-state index in [4.69, 9.17) is 0 Å². The Bertz CT molecular complexity index is 490. The highest BCUT2D eigenvalue weighted by Gasteiger charge is 2.24. The number of nitrogens with one attached hydrogen (secondary N) is 2. The summed E-state index contributed by atoms with van der Waals surface area (Å²) in [6.45, 7) is 3.14. The fraction of sp³-hybridized carbons (Fsp3) is 0.611. The van der Waals surface area contributed by atoms with Gasteiger partial charge >= 0.3 is 0 Å². The third kappa shape index (κ3) is 6.34. The fourth-order valence-electron chi connectivity index (χ4n) is 3.01. The van der Waals surface area contributed by atoms with Crippen LogP contribution in [0.2, 0.25) is 0 Å². The predicted octanol–water partition coefficient (Wildman–Crippen LogP) is 3.16. The Labute approximate surface area is 144 Å². The van der Waals surface area contributed by atoms with Gasteiger partial charge in [-0.2, -0.15) is 11.8 Å². The molecule has 128 valence electrons. The first-order valence-corrected chi connectivity index (χ1v) is 9.62. The Balaban J connectivity index is 1.64. The molecule has 1 aliphatic carbocycles. The van der Waals surface area contributed by atoms with E-state index in [9.17, 15) is 5.11 Å². The topological polar surface area (TPSA) is 56.7 Å². The van der Waals surface area contributed by atoms with Crippen LogP contribution < -0.4 is 10.6 Å². The summed E-state index contributed by atoms with van der Waals surface area (Å²) in [5.41, 5.74) is 1.25. The van der Waals surface area contributed by atoms with Crippen molar-refractivity contribution in [2.24, 2.45) is 4.99 Å². The van der Waals surface area contributed by atoms with Crippen LogP contribution in [0.5, 0.6) is 5.75 Å². The Kier molecular flexibility index (Phi) is 7.59. The lowest BCUT2D eigenvalue weighted by Crippen LogP contribution is -2.42. The molecule has 0 heterocycles. The van der Waals surface area contributed by atoms with Crippen LogP contribution in [0.1, 0.15) is 38.2 Å². The lowest BCUT2D eigenvalue weighted by molar-refractivity contribution is 0.475. The molecule has 0 aliphatic heterocycles. The first kappa shape index (κ1) is 18.0. The van der Waals surface area contributed by atoms with Crippen LogP contribution in [-0.4, -0.2) is 41.7 Å². The molecule has 2 rings (SSSR count). The summed E-state index contributed by atoms with van der Waals surface area (Å²) in [6, 6.07) is 8.00. The number of guanidine groups is 1. The van der Waals surface area contributed by atoms with Gasteiger partial charge in [-0.25, -0.2) is 0 Å². The van der Waals surface area contributed by atoms with E-state index in [1.807, 2.05) is 19.2 Å². The zero-order valence-electron chi connectivity index (χ0n) is 14.2. The monoisotopic (exact) mass is 335 g/mol. The first-order valence-electron chi connectivity index (χ1n) is 8.58. The van der Waals surface area contributed by atoms with Crippen molar-refractivity contribution in [3.8, 4) is 5.75 Å². The summed E-state index contributed by atoms with van der Waals surface area (Å²) in [4.78, 5) is 4.33. The van der Waals surface area contributed by atoms with Crippen molar-refractivity contribution in [1.82, 2.24) is 10.6 Å². The van der Waals surface area contributed by atoms with Crippen LogP contribution in [-0.2, 0) is 6.42 Å². The van der Waals surface area contributed by atoms with E-state index >= 15 is 0 Å². The van der Waals surface area contributed by atoms with Crippen molar-refractivity contribution in [2.45, 2.75) is 50.3 Å². The summed E-state index contributed by atoms with van der Waals surface area (Å²) in [5, 5.41) is 17.1. The molecular weight excluding hydrogens is 306 g/mol. The normalized spacial score (nSPS) is 21.4. The van der Waals surface area contributed by atoms with Gasteiger partial charge in [0.05, 0.1) is 0 Å². The molecular formula is C18H29N3OS. The standard InChI is InChI=1S/C18H29N3OS/c1-3-23-17-11-8-15(13-17)21-18(19-2)20-12-4-5-14-6-9-16(22)10-7-14/h6-7,9-10,15,17,22H,3-5,8,11-13H2,1-2H3,(H2,19,20,21). The molecule has 1 aliphatic rings. The van der Waals surface area contributed by atoms with E-state index < -0.39 is 0 Å². The third-order valence-electron chi connectivity index (χ3n) is 4.22. The van der Waals surface area contributed by atoms with Crippen LogP contribution in [0.15, 0.2) is 29.3 Å². The van der Waals surface area contributed by atoms with Gasteiger partial charge in [0.15, 0.2) is 5.96 Å². The largest absolute Gasteiger partial charge is 0.508 e. The van der Waals surface area contributed by atoms with Crippen molar-refractivity contribution in [1.29, 1.82) is 0 Å². The molecule has 5 heteroatoms. The van der Waals surface area contributed by atoms with E-state index in [0.29, 0.717) is 11.8 Å². The maximum atomic E-state index is 9.28. The molecule has 1 aromatic rings. The van der Waals surface area contributed by atoms with E-state index in [0.717, 1.165) is 30.6 Å². The molecule has 0 bridgehead atoms. The zero-order valence-corrected chi connectivity index (χ0v) is 15.0. The van der Waals surface area contributed by atoms with Gasteiger partial charge < -0.3 is 15.7 Å². The Hall–Kier alpha value is -1.36. The Morgan fingerprint density at radius 3 is 2.78 bits per heavy atom. The second-order valence-electron chi connectivity index (χ2n) is 6.00. The lowest BCUT2D eigenvalue weighted by atomic mass is 10.1. The SMILES string of the molecule is CCSC1CCC(NC(=NC)NCCCc2ccc(O)cc2)C1. The van der Waals surface area contributed by atoms with Gasteiger partial charge in [-0.1, -0.05) is 19.1 Å². The number of hydrogen-bond donors (Lipinski definition) is 3. The second-order valence-corrected chi connectivity index (χ2v) is 7.58. The first-order chi connectivity index (χ1) is 11.2. The van der Waals surface area contributed by atoms with Gasteiger partial charge in [0, 0.05) is 24.9 Å². The molecule has 0 saturated heterocycles. The maximum absolute atomic E-state index is 9.28. The van der Waals surface area contributed by atoms with Crippen molar-refractivity contribution in [3.05, 3.63) is 29.8 Å². The summed E-state index contributed by atoms with van der Waals surface area (Å²) in [7, 11) is 1.84. The van der Waals surface area contributed by atoms with Crippen molar-refractivity contribution in [3.63, 3.8) is 0 Å². The minimum atomic E-state index is 0.326. The van der Waals surface area contributed by atoms with Crippen LogP contribution in [0.25, 0.3) is 0 Å². The Morgan fingerprint density at radius 2 is 2.09 bits per heavy atom. The smallest absolute Gasteiger partial charge is 0.191 e. The van der Waals surface area contributed by atoms with Gasteiger partial charge in [0.2, 0.25) is 0 Å². The van der Waals surface area contributed by atoms with Crippen molar-refractivity contribution >= 4 is 17.7 Å². The van der Waals surface area contributed by atoms with Gasteiger partial charge in [-0.3, -0.25) is 4.99 Å². The van der Waals surface area contributed by atoms with E-state index in [1.165, 1.54) is 30.6 Å². The van der Waals surface area contributed by atoms with Crippen LogP contribution in [0, 0.1) is 0 Å². The molecule has 3 N–H and O–H groups in total. The lowest BCUT2D eigenvalue weighted by Gasteiger charge is -2.17. The third-order valence-corrected chi connectivity index (χ3v) is 5.46. The summed E-state index contributed by atoms with van der Waals surface area (Å²) in [5.74, 6) is 2.46. The number of aromatic hydroxyl groups is 1. The van der Waals surface area contributed by atoms with Crippen LogP contribution in [0.3, 0.4) is 0 Å². The van der Waals surface area contributed by atoms with E-state index in [1.54, 1.807) is 12.1 Å². The number of phenolic OH excluding ortho intramolecular Hbond substituents is 1. The number of hydrogen-bond acceptors (Lipinski definition) is 3. The number of aliphatic imine (C=N–C) groups is 1. The van der Waals surface area contributed by atoms with Gasteiger partial charge in [-0.15, -0.1) is 0 Å². The van der Waals surface area contributed by atoms with Gasteiger partial charge in [-0.05, 0) is 55.6 Å². The maximum Gasteiger partial charge on any atom is 0.191 e. The highest BCUT2D eigenvalue weighted by Crippen LogP contribution is 2.29. The average Bonchev–Trinajstić information content (AvgIpc) is 2.99. The van der Waals surface area contributed by atoms with Gasteiger partial charge in [0.25, 0.3) is 0 Å². The molecule has 0 radical (unpaired) electrons. The van der Waals surface area contributed by atoms with Crippen molar-refractivity contribution < 1.29 is 5.11 Å². The van der Waals surface area contributed by atoms with E-state index in [2.05, 4.69) is 34.3 Å². The highest BCUT2D eigenvalue weighted by molar-refractivity contribution is 7.99. The minimum Gasteiger partial charge on any atom is -0.508 e. The molecule has 4 nitrogen and oxygen atoms in total. The molecule has 2 unspecified atom stereocenters. The number of aryl methyl sites for hydroxylation is 1. The molecule has 0 spiro atoms. The fourth-order valence-corrected chi connectivity index (χ4v) is 4.15. The quantitative estimate of drug-likeness (QED) is 0.407. The van der Waals surface area contributed by atoms with Crippen LogP contribution in [0.4, 0.5) is 0 Å².